The largest absolute Gasteiger partial charge is 0.481 e. The molecule has 0 aliphatic heterocycles. The van der Waals surface area contributed by atoms with Gasteiger partial charge in [0, 0.05) is 12.0 Å². The molecular formula is C27H32N2O5. The van der Waals surface area contributed by atoms with Crippen LogP contribution in [0.25, 0.3) is 11.1 Å². The molecule has 0 unspecified atom stereocenters. The highest BCUT2D eigenvalue weighted by Crippen LogP contribution is 2.44. The topological polar surface area (TPSA) is 105 Å². The Hall–Kier alpha value is -3.35. The van der Waals surface area contributed by atoms with E-state index in [4.69, 9.17) is 9.84 Å². The van der Waals surface area contributed by atoms with Gasteiger partial charge in [0.1, 0.15) is 12.6 Å². The van der Waals surface area contributed by atoms with Gasteiger partial charge in [-0.25, -0.2) is 4.79 Å². The molecule has 0 radical (unpaired) electrons. The van der Waals surface area contributed by atoms with Gasteiger partial charge in [-0.15, -0.1) is 0 Å². The third-order valence-electron chi connectivity index (χ3n) is 6.75. The number of benzene rings is 2. The molecule has 0 bridgehead atoms. The zero-order valence-corrected chi connectivity index (χ0v) is 19.6. The van der Waals surface area contributed by atoms with Crippen LogP contribution in [0, 0.1) is 11.8 Å². The molecule has 2 aliphatic rings. The van der Waals surface area contributed by atoms with Crippen LogP contribution in [0.4, 0.5) is 4.79 Å². The number of alkyl carbamates (subject to hydrolysis) is 1. The molecule has 2 aromatic carbocycles. The van der Waals surface area contributed by atoms with Gasteiger partial charge < -0.3 is 20.5 Å². The highest BCUT2D eigenvalue weighted by molar-refractivity contribution is 5.86. The molecule has 2 aromatic rings. The maximum atomic E-state index is 13.0. The fraction of sp³-hybridized carbons (Fsp3) is 0.444. The van der Waals surface area contributed by atoms with E-state index in [1.54, 1.807) is 0 Å². The Balaban J connectivity index is 1.40. The maximum absolute atomic E-state index is 13.0. The summed E-state index contributed by atoms with van der Waals surface area (Å²) in [5.41, 5.74) is 4.54. The van der Waals surface area contributed by atoms with Gasteiger partial charge in [0.25, 0.3) is 0 Å². The van der Waals surface area contributed by atoms with Crippen molar-refractivity contribution in [1.29, 1.82) is 0 Å². The summed E-state index contributed by atoms with van der Waals surface area (Å²) in [6.07, 6.45) is 1.78. The summed E-state index contributed by atoms with van der Waals surface area (Å²) in [4.78, 5) is 36.9. The Morgan fingerprint density at radius 3 is 2.09 bits per heavy atom. The first-order valence-corrected chi connectivity index (χ1v) is 12.0. The predicted molar refractivity (Wildman–Crippen MR) is 128 cm³/mol. The number of rotatable bonds is 10. The van der Waals surface area contributed by atoms with Crippen LogP contribution in [0.1, 0.15) is 56.6 Å². The number of aliphatic carboxylic acids is 1. The Labute approximate surface area is 199 Å². The Morgan fingerprint density at radius 2 is 1.56 bits per heavy atom. The minimum absolute atomic E-state index is 0.0453. The van der Waals surface area contributed by atoms with E-state index in [1.807, 2.05) is 38.1 Å². The molecular weight excluding hydrogens is 432 g/mol. The SMILES string of the molecule is CC(C)[C@H](CC(=O)O)NC(=O)[C@H](CC1CC1)NC(=O)OCC1c2ccccc2-c2ccccc21. The van der Waals surface area contributed by atoms with Crippen molar-refractivity contribution in [3.8, 4) is 11.1 Å². The van der Waals surface area contributed by atoms with Crippen LogP contribution < -0.4 is 10.6 Å². The van der Waals surface area contributed by atoms with Crippen LogP contribution >= 0.6 is 0 Å². The molecule has 2 aliphatic carbocycles. The lowest BCUT2D eigenvalue weighted by molar-refractivity contribution is -0.138. The number of carboxylic acids is 1. The first-order valence-electron chi connectivity index (χ1n) is 12.0. The average Bonchev–Trinajstić information content (AvgIpc) is 3.57. The highest BCUT2D eigenvalue weighted by Gasteiger charge is 2.33. The second-order valence-corrected chi connectivity index (χ2v) is 9.66. The van der Waals surface area contributed by atoms with Gasteiger partial charge in [-0.1, -0.05) is 75.2 Å². The summed E-state index contributed by atoms with van der Waals surface area (Å²) >= 11 is 0. The molecule has 3 N–H and O–H groups in total. The van der Waals surface area contributed by atoms with Crippen molar-refractivity contribution >= 4 is 18.0 Å². The van der Waals surface area contributed by atoms with Gasteiger partial charge in [-0.2, -0.15) is 0 Å². The van der Waals surface area contributed by atoms with E-state index in [2.05, 4.69) is 34.9 Å². The fourth-order valence-corrected chi connectivity index (χ4v) is 4.63. The van der Waals surface area contributed by atoms with E-state index in [0.717, 1.165) is 35.1 Å². The normalized spacial score (nSPS) is 16.3. The number of hydrogen-bond acceptors (Lipinski definition) is 4. The van der Waals surface area contributed by atoms with Crippen LogP contribution in [-0.2, 0) is 14.3 Å². The van der Waals surface area contributed by atoms with Crippen molar-refractivity contribution in [3.63, 3.8) is 0 Å². The molecule has 4 rings (SSSR count). The van der Waals surface area contributed by atoms with Gasteiger partial charge >= 0.3 is 12.1 Å². The quantitative estimate of drug-likeness (QED) is 0.486. The molecule has 0 heterocycles. The van der Waals surface area contributed by atoms with E-state index in [0.29, 0.717) is 12.3 Å². The lowest BCUT2D eigenvalue weighted by atomic mass is 9.98. The zero-order valence-electron chi connectivity index (χ0n) is 19.6. The molecule has 34 heavy (non-hydrogen) atoms. The molecule has 1 fully saturated rings. The first-order chi connectivity index (χ1) is 16.3. The second-order valence-electron chi connectivity index (χ2n) is 9.66. The van der Waals surface area contributed by atoms with Gasteiger partial charge in [-0.3, -0.25) is 9.59 Å². The smallest absolute Gasteiger partial charge is 0.407 e. The molecule has 0 spiro atoms. The lowest BCUT2D eigenvalue weighted by Gasteiger charge is -2.25. The molecule has 7 heteroatoms. The predicted octanol–water partition coefficient (Wildman–Crippen LogP) is 4.31. The number of nitrogens with one attached hydrogen (secondary N) is 2. The molecule has 2 atom stereocenters. The third-order valence-corrected chi connectivity index (χ3v) is 6.75. The first kappa shape index (κ1) is 23.8. The van der Waals surface area contributed by atoms with Gasteiger partial charge in [-0.05, 0) is 40.5 Å². The molecule has 0 aromatic heterocycles. The summed E-state index contributed by atoms with van der Waals surface area (Å²) in [6.45, 7) is 3.90. The molecule has 180 valence electrons. The Morgan fingerprint density at radius 1 is 0.971 bits per heavy atom. The van der Waals surface area contributed by atoms with Gasteiger partial charge in [0.15, 0.2) is 0 Å². The minimum Gasteiger partial charge on any atom is -0.481 e. The minimum atomic E-state index is -0.970. The van der Waals surface area contributed by atoms with E-state index < -0.39 is 24.1 Å². The van der Waals surface area contributed by atoms with Crippen molar-refractivity contribution in [2.75, 3.05) is 6.61 Å². The highest BCUT2D eigenvalue weighted by atomic mass is 16.5. The second kappa shape index (κ2) is 10.3. The van der Waals surface area contributed by atoms with Crippen molar-refractivity contribution in [2.45, 2.75) is 57.5 Å². The monoisotopic (exact) mass is 464 g/mol. The number of carbonyl (C=O) groups is 3. The van der Waals surface area contributed by atoms with E-state index in [9.17, 15) is 14.4 Å². The standard InChI is InChI=1S/C27H32N2O5/c1-16(2)23(14-25(30)31)28-26(32)24(13-17-11-12-17)29-27(33)34-15-22-20-9-5-3-7-18(20)19-8-4-6-10-21(19)22/h3-10,16-17,22-24H,11-15H2,1-2H3,(H,28,32)(H,29,33)(H,30,31)/t23-,24-/m0/s1. The molecule has 7 nitrogen and oxygen atoms in total. The summed E-state index contributed by atoms with van der Waals surface area (Å²) in [7, 11) is 0. The summed E-state index contributed by atoms with van der Waals surface area (Å²) in [5.74, 6) is -1.05. The van der Waals surface area contributed by atoms with Crippen molar-refractivity contribution in [3.05, 3.63) is 59.7 Å². The van der Waals surface area contributed by atoms with E-state index >= 15 is 0 Å². The average molecular weight is 465 g/mol. The number of amides is 2. The summed E-state index contributed by atoms with van der Waals surface area (Å²) in [5, 5.41) is 14.7. The van der Waals surface area contributed by atoms with Crippen LogP contribution in [0.15, 0.2) is 48.5 Å². The van der Waals surface area contributed by atoms with E-state index in [1.165, 1.54) is 0 Å². The maximum Gasteiger partial charge on any atom is 0.407 e. The van der Waals surface area contributed by atoms with Crippen LogP contribution in [-0.4, -0.2) is 41.8 Å². The Kier molecular flexibility index (Phi) is 7.20. The molecule has 1 saturated carbocycles. The fourth-order valence-electron chi connectivity index (χ4n) is 4.63. The third kappa shape index (κ3) is 5.58. The van der Waals surface area contributed by atoms with Gasteiger partial charge in [0.05, 0.1) is 6.42 Å². The van der Waals surface area contributed by atoms with Crippen LogP contribution in [0.5, 0.6) is 0 Å². The van der Waals surface area contributed by atoms with Crippen molar-refractivity contribution in [2.24, 2.45) is 11.8 Å². The van der Waals surface area contributed by atoms with Crippen molar-refractivity contribution < 1.29 is 24.2 Å². The van der Waals surface area contributed by atoms with Crippen LogP contribution in [0.2, 0.25) is 0 Å². The van der Waals surface area contributed by atoms with Crippen molar-refractivity contribution in [1.82, 2.24) is 10.6 Å². The zero-order chi connectivity index (χ0) is 24.2. The number of hydrogen-bond donors (Lipinski definition) is 3. The summed E-state index contributed by atoms with van der Waals surface area (Å²) in [6, 6.07) is 15.0. The molecule has 0 saturated heterocycles. The Bertz CT molecular complexity index is 1020. The number of carboxylic acid groups (broad SMARTS) is 1. The van der Waals surface area contributed by atoms with Crippen LogP contribution in [0.3, 0.4) is 0 Å². The number of ether oxygens (including phenoxy) is 1. The number of fused-ring (bicyclic) bond motifs is 3. The number of carbonyl (C=O) groups excluding carboxylic acids is 2. The lowest BCUT2D eigenvalue weighted by Crippen LogP contribution is -2.51. The molecule has 2 amide bonds. The summed E-state index contributed by atoms with van der Waals surface area (Å²) < 4.78 is 5.62. The van der Waals surface area contributed by atoms with Gasteiger partial charge in [0.2, 0.25) is 5.91 Å². The van der Waals surface area contributed by atoms with E-state index in [-0.39, 0.29) is 30.8 Å².